The van der Waals surface area contributed by atoms with Crippen LogP contribution in [0.25, 0.3) is 0 Å². The van der Waals surface area contributed by atoms with Crippen molar-refractivity contribution in [2.75, 3.05) is 13.1 Å². The summed E-state index contributed by atoms with van der Waals surface area (Å²) in [6, 6.07) is 1.71. The van der Waals surface area contributed by atoms with Crippen LogP contribution in [0.2, 0.25) is 0 Å². The highest BCUT2D eigenvalue weighted by Crippen LogP contribution is 2.16. The van der Waals surface area contributed by atoms with Crippen molar-refractivity contribution in [2.45, 2.75) is 13.5 Å². The van der Waals surface area contributed by atoms with Crippen LogP contribution in [0.5, 0.6) is 0 Å². The van der Waals surface area contributed by atoms with Gasteiger partial charge < -0.3 is 4.42 Å². The van der Waals surface area contributed by atoms with Crippen molar-refractivity contribution in [3.8, 4) is 0 Å². The molecule has 0 atom stereocenters. The third-order valence-electron chi connectivity index (χ3n) is 2.54. The first-order valence-corrected chi connectivity index (χ1v) is 5.66. The smallest absolute Gasteiger partial charge is 0.300 e. The van der Waals surface area contributed by atoms with Crippen LogP contribution in [-0.4, -0.2) is 23.9 Å². The van der Waals surface area contributed by atoms with Crippen LogP contribution < -0.4 is 11.3 Å². The van der Waals surface area contributed by atoms with Crippen molar-refractivity contribution in [3.05, 3.63) is 48.5 Å². The lowest BCUT2D eigenvalue weighted by molar-refractivity contribution is 0.0924. The number of amides is 1. The molecule has 0 aliphatic rings. The van der Waals surface area contributed by atoms with E-state index >= 15 is 0 Å². The van der Waals surface area contributed by atoms with Gasteiger partial charge in [0.1, 0.15) is 5.76 Å². The summed E-state index contributed by atoms with van der Waals surface area (Å²) in [6.45, 7) is 11.4. The lowest BCUT2D eigenvalue weighted by Gasteiger charge is -2.17. The Hall–Kier alpha value is -1.85. The molecule has 1 aromatic heterocycles. The number of nitrogens with two attached hydrogens (primary N) is 1. The molecule has 0 saturated heterocycles. The first-order chi connectivity index (χ1) is 8.62. The molecule has 1 heterocycles. The van der Waals surface area contributed by atoms with Gasteiger partial charge in [-0.3, -0.25) is 15.1 Å². The van der Waals surface area contributed by atoms with Gasteiger partial charge in [0.15, 0.2) is 5.76 Å². The molecular weight excluding hydrogens is 230 g/mol. The Morgan fingerprint density at radius 3 is 2.61 bits per heavy atom. The molecule has 5 nitrogen and oxygen atoms in total. The molecule has 1 amide bonds. The molecule has 98 valence electrons. The van der Waals surface area contributed by atoms with Crippen LogP contribution in [0.3, 0.4) is 0 Å². The first-order valence-electron chi connectivity index (χ1n) is 5.66. The van der Waals surface area contributed by atoms with Crippen molar-refractivity contribution in [3.63, 3.8) is 0 Å². The number of carbonyl (C=O) groups excluding carboxylic acids is 1. The Morgan fingerprint density at radius 2 is 2.11 bits per heavy atom. The summed E-state index contributed by atoms with van der Waals surface area (Å²) in [4.78, 5) is 13.5. The monoisotopic (exact) mass is 249 g/mol. The van der Waals surface area contributed by atoms with Crippen molar-refractivity contribution in [1.29, 1.82) is 0 Å². The van der Waals surface area contributed by atoms with Gasteiger partial charge in [0.2, 0.25) is 0 Å². The maximum absolute atomic E-state index is 11.3. The average molecular weight is 249 g/mol. The highest BCUT2D eigenvalue weighted by atomic mass is 16.4. The molecule has 0 aliphatic heterocycles. The van der Waals surface area contributed by atoms with Crippen molar-refractivity contribution in [2.24, 2.45) is 5.84 Å². The van der Waals surface area contributed by atoms with E-state index in [9.17, 15) is 4.79 Å². The van der Waals surface area contributed by atoms with Crippen LogP contribution in [-0.2, 0) is 6.54 Å². The zero-order valence-electron chi connectivity index (χ0n) is 10.6. The minimum atomic E-state index is -0.427. The fourth-order valence-electron chi connectivity index (χ4n) is 1.67. The maximum atomic E-state index is 11.3. The lowest BCUT2D eigenvalue weighted by Crippen LogP contribution is -2.29. The van der Waals surface area contributed by atoms with Gasteiger partial charge in [0.25, 0.3) is 0 Å². The predicted molar refractivity (Wildman–Crippen MR) is 70.8 cm³/mol. The first kappa shape index (κ1) is 14.2. The van der Waals surface area contributed by atoms with Gasteiger partial charge in [-0.15, -0.1) is 13.2 Å². The fraction of sp³-hybridized carbons (Fsp3) is 0.308. The second-order valence-electron chi connectivity index (χ2n) is 3.94. The molecule has 1 aromatic rings. The molecule has 0 aromatic carbocycles. The molecule has 18 heavy (non-hydrogen) atoms. The number of hydrogen-bond acceptors (Lipinski definition) is 4. The average Bonchev–Trinajstić information content (AvgIpc) is 2.71. The van der Waals surface area contributed by atoms with E-state index in [1.807, 2.05) is 24.5 Å². The number of hydrogen-bond donors (Lipinski definition) is 2. The molecule has 0 unspecified atom stereocenters. The second-order valence-corrected chi connectivity index (χ2v) is 3.94. The summed E-state index contributed by atoms with van der Waals surface area (Å²) in [5.41, 5.74) is 3.00. The molecule has 1 rings (SSSR count). The zero-order valence-corrected chi connectivity index (χ0v) is 10.6. The minimum absolute atomic E-state index is 0.224. The van der Waals surface area contributed by atoms with E-state index in [1.165, 1.54) is 0 Å². The number of rotatable bonds is 7. The third-order valence-corrected chi connectivity index (χ3v) is 2.54. The normalized spacial score (nSPS) is 10.4. The predicted octanol–water partition coefficient (Wildman–Crippen LogP) is 1.37. The molecule has 0 aliphatic carbocycles. The fourth-order valence-corrected chi connectivity index (χ4v) is 1.67. The Kier molecular flexibility index (Phi) is 5.35. The van der Waals surface area contributed by atoms with E-state index in [4.69, 9.17) is 10.3 Å². The van der Waals surface area contributed by atoms with Crippen molar-refractivity contribution in [1.82, 2.24) is 10.3 Å². The highest BCUT2D eigenvalue weighted by molar-refractivity contribution is 5.91. The summed E-state index contributed by atoms with van der Waals surface area (Å²) in [7, 11) is 0. The molecule has 0 bridgehead atoms. The minimum Gasteiger partial charge on any atom is -0.456 e. The SMILES string of the molecule is C=CCN(CC=C)Cc1cc(C(=O)NN)oc1C. The molecule has 0 fully saturated rings. The van der Waals surface area contributed by atoms with Crippen LogP contribution >= 0.6 is 0 Å². The number of carbonyl (C=O) groups is 1. The number of hydrazine groups is 1. The summed E-state index contributed by atoms with van der Waals surface area (Å²) < 4.78 is 5.35. The van der Waals surface area contributed by atoms with Gasteiger partial charge in [0, 0.05) is 25.2 Å². The van der Waals surface area contributed by atoms with E-state index in [2.05, 4.69) is 18.1 Å². The highest BCUT2D eigenvalue weighted by Gasteiger charge is 2.14. The molecular formula is C13H19N3O2. The van der Waals surface area contributed by atoms with E-state index in [-0.39, 0.29) is 5.76 Å². The Balaban J connectivity index is 2.82. The van der Waals surface area contributed by atoms with Crippen LogP contribution in [0, 0.1) is 6.92 Å². The maximum Gasteiger partial charge on any atom is 0.300 e. The van der Waals surface area contributed by atoms with Gasteiger partial charge in [-0.05, 0) is 13.0 Å². The molecule has 0 saturated carbocycles. The van der Waals surface area contributed by atoms with Crippen molar-refractivity contribution < 1.29 is 9.21 Å². The van der Waals surface area contributed by atoms with Crippen LogP contribution in [0.15, 0.2) is 35.8 Å². The number of furan rings is 1. The van der Waals surface area contributed by atoms with E-state index in [0.29, 0.717) is 12.3 Å². The van der Waals surface area contributed by atoms with Gasteiger partial charge >= 0.3 is 5.91 Å². The largest absolute Gasteiger partial charge is 0.456 e. The van der Waals surface area contributed by atoms with E-state index in [0.717, 1.165) is 18.7 Å². The quantitative estimate of drug-likeness (QED) is 0.331. The van der Waals surface area contributed by atoms with Crippen LogP contribution in [0.4, 0.5) is 0 Å². The van der Waals surface area contributed by atoms with Gasteiger partial charge in [-0.2, -0.15) is 0 Å². The third kappa shape index (κ3) is 3.58. The molecule has 0 spiro atoms. The summed E-state index contributed by atoms with van der Waals surface area (Å²) in [5.74, 6) is 5.57. The Morgan fingerprint density at radius 1 is 1.50 bits per heavy atom. The van der Waals surface area contributed by atoms with Gasteiger partial charge in [-0.1, -0.05) is 12.2 Å². The van der Waals surface area contributed by atoms with E-state index in [1.54, 1.807) is 6.07 Å². The number of nitrogens with one attached hydrogen (secondary N) is 1. The summed E-state index contributed by atoms with van der Waals surface area (Å²) >= 11 is 0. The van der Waals surface area contributed by atoms with E-state index < -0.39 is 5.91 Å². The summed E-state index contributed by atoms with van der Waals surface area (Å²) in [5, 5.41) is 0. The zero-order chi connectivity index (χ0) is 13.5. The Labute approximate surface area is 107 Å². The molecule has 5 heteroatoms. The number of nitrogen functional groups attached to an aromatic ring is 1. The van der Waals surface area contributed by atoms with Gasteiger partial charge in [-0.25, -0.2) is 5.84 Å². The topological polar surface area (TPSA) is 71.5 Å². The second kappa shape index (κ2) is 6.78. The number of aryl methyl sites for hydroxylation is 1. The standard InChI is InChI=1S/C13H19N3O2/c1-4-6-16(7-5-2)9-11-8-12(13(17)15-14)18-10(11)3/h4-5,8H,1-2,6-7,9,14H2,3H3,(H,15,17). The molecule has 0 radical (unpaired) electrons. The van der Waals surface area contributed by atoms with Crippen molar-refractivity contribution >= 4 is 5.91 Å². The lowest BCUT2D eigenvalue weighted by atomic mass is 10.2. The van der Waals surface area contributed by atoms with Crippen LogP contribution in [0.1, 0.15) is 21.9 Å². The van der Waals surface area contributed by atoms with Gasteiger partial charge in [0.05, 0.1) is 0 Å². The Bertz CT molecular complexity index is 427. The number of nitrogens with zero attached hydrogens (tertiary/aromatic N) is 1. The molecule has 3 N–H and O–H groups in total. The summed E-state index contributed by atoms with van der Waals surface area (Å²) in [6.07, 6.45) is 3.65.